The van der Waals surface area contributed by atoms with E-state index in [2.05, 4.69) is 15.5 Å². The quantitative estimate of drug-likeness (QED) is 0.196. The van der Waals surface area contributed by atoms with Crippen LogP contribution in [0.2, 0.25) is 5.02 Å². The lowest BCUT2D eigenvalue weighted by atomic mass is 10.1. The molecule has 1 atom stereocenters. The SMILES string of the molecule is COc1cc2c(cc1NC(=O)[C@@H](C)Sc1nnc(-c3ccc(Cl)cc3)n1Cc1ccco1)oc1ccccc12. The number of aromatic nitrogens is 3. The number of halogens is 1. The van der Waals surface area contributed by atoms with Gasteiger partial charge in [0, 0.05) is 27.4 Å². The average molecular weight is 559 g/mol. The molecule has 8 nitrogen and oxygen atoms in total. The molecule has 0 unspecified atom stereocenters. The van der Waals surface area contributed by atoms with Crippen molar-refractivity contribution in [3.8, 4) is 17.1 Å². The Bertz CT molecular complexity index is 1780. The molecule has 0 aliphatic rings. The Labute approximate surface area is 232 Å². The minimum absolute atomic E-state index is 0.214. The first-order valence-corrected chi connectivity index (χ1v) is 13.4. The van der Waals surface area contributed by atoms with Crippen LogP contribution in [0.15, 0.2) is 93.1 Å². The Hall–Kier alpha value is -4.21. The van der Waals surface area contributed by atoms with Crippen molar-refractivity contribution < 1.29 is 18.4 Å². The highest BCUT2D eigenvalue weighted by molar-refractivity contribution is 8.00. The van der Waals surface area contributed by atoms with E-state index in [0.717, 1.165) is 27.7 Å². The normalized spacial score (nSPS) is 12.2. The minimum Gasteiger partial charge on any atom is -0.495 e. The summed E-state index contributed by atoms with van der Waals surface area (Å²) >= 11 is 7.39. The number of rotatable bonds is 8. The van der Waals surface area contributed by atoms with E-state index in [9.17, 15) is 4.79 Å². The molecular formula is C29H23ClN4O4S. The monoisotopic (exact) mass is 558 g/mol. The van der Waals surface area contributed by atoms with Crippen molar-refractivity contribution in [1.82, 2.24) is 14.8 Å². The molecule has 0 radical (unpaired) electrons. The van der Waals surface area contributed by atoms with Gasteiger partial charge in [-0.1, -0.05) is 41.6 Å². The molecule has 3 aromatic carbocycles. The number of ether oxygens (including phenoxy) is 1. The maximum Gasteiger partial charge on any atom is 0.237 e. The Morgan fingerprint density at radius 1 is 1.05 bits per heavy atom. The van der Waals surface area contributed by atoms with Crippen LogP contribution in [0.25, 0.3) is 33.3 Å². The topological polar surface area (TPSA) is 95.3 Å². The Balaban J connectivity index is 1.27. The van der Waals surface area contributed by atoms with E-state index in [0.29, 0.717) is 39.6 Å². The number of thioether (sulfide) groups is 1. The van der Waals surface area contributed by atoms with Crippen LogP contribution in [0.4, 0.5) is 5.69 Å². The predicted octanol–water partition coefficient (Wildman–Crippen LogP) is 7.27. The molecule has 3 heterocycles. The fourth-order valence-corrected chi connectivity index (χ4v) is 5.33. The molecule has 1 amide bonds. The average Bonchev–Trinajstić information content (AvgIpc) is 3.68. The smallest absolute Gasteiger partial charge is 0.237 e. The molecule has 0 aliphatic carbocycles. The van der Waals surface area contributed by atoms with Crippen molar-refractivity contribution in [1.29, 1.82) is 0 Å². The maximum absolute atomic E-state index is 13.3. The van der Waals surface area contributed by atoms with Crippen LogP contribution in [-0.2, 0) is 11.3 Å². The molecule has 0 aliphatic heterocycles. The first-order valence-electron chi connectivity index (χ1n) is 12.2. The number of furan rings is 2. The molecule has 6 aromatic rings. The van der Waals surface area contributed by atoms with Gasteiger partial charge in [0.2, 0.25) is 5.91 Å². The van der Waals surface area contributed by atoms with E-state index in [4.69, 9.17) is 25.2 Å². The largest absolute Gasteiger partial charge is 0.495 e. The number of carbonyl (C=O) groups excluding carboxylic acids is 1. The summed E-state index contributed by atoms with van der Waals surface area (Å²) in [6.45, 7) is 2.23. The first kappa shape index (κ1) is 25.1. The number of hydrogen-bond donors (Lipinski definition) is 1. The molecule has 0 saturated carbocycles. The van der Waals surface area contributed by atoms with Gasteiger partial charge in [0.25, 0.3) is 0 Å². The molecule has 6 rings (SSSR count). The fraction of sp³-hybridized carbons (Fsp3) is 0.138. The van der Waals surface area contributed by atoms with E-state index >= 15 is 0 Å². The summed E-state index contributed by atoms with van der Waals surface area (Å²) in [5, 5.41) is 14.4. The van der Waals surface area contributed by atoms with Crippen molar-refractivity contribution in [3.05, 3.63) is 89.8 Å². The molecule has 0 spiro atoms. The number of benzene rings is 3. The summed E-state index contributed by atoms with van der Waals surface area (Å²) in [5.74, 6) is 1.72. The molecule has 0 saturated heterocycles. The summed E-state index contributed by atoms with van der Waals surface area (Å²) in [4.78, 5) is 13.3. The van der Waals surface area contributed by atoms with Crippen molar-refractivity contribution in [2.75, 3.05) is 12.4 Å². The van der Waals surface area contributed by atoms with Crippen LogP contribution < -0.4 is 10.1 Å². The van der Waals surface area contributed by atoms with Gasteiger partial charge in [0.1, 0.15) is 22.7 Å². The lowest BCUT2D eigenvalue weighted by molar-refractivity contribution is -0.115. The first-order chi connectivity index (χ1) is 19.0. The number of fused-ring (bicyclic) bond motifs is 3. The van der Waals surface area contributed by atoms with Gasteiger partial charge >= 0.3 is 0 Å². The summed E-state index contributed by atoms with van der Waals surface area (Å²) in [6.07, 6.45) is 1.62. The van der Waals surface area contributed by atoms with Gasteiger partial charge in [-0.2, -0.15) is 0 Å². The maximum atomic E-state index is 13.3. The van der Waals surface area contributed by atoms with Crippen molar-refractivity contribution in [3.63, 3.8) is 0 Å². The highest BCUT2D eigenvalue weighted by atomic mass is 35.5. The predicted molar refractivity (Wildman–Crippen MR) is 152 cm³/mol. The Kier molecular flexibility index (Phi) is 6.76. The van der Waals surface area contributed by atoms with Crippen LogP contribution in [0.1, 0.15) is 12.7 Å². The number of nitrogens with zero attached hydrogens (tertiary/aromatic N) is 3. The number of anilines is 1. The second-order valence-electron chi connectivity index (χ2n) is 8.87. The summed E-state index contributed by atoms with van der Waals surface area (Å²) in [5.41, 5.74) is 2.82. The highest BCUT2D eigenvalue weighted by Crippen LogP contribution is 2.37. The third-order valence-electron chi connectivity index (χ3n) is 6.32. The van der Waals surface area contributed by atoms with Gasteiger partial charge in [-0.15, -0.1) is 10.2 Å². The van der Waals surface area contributed by atoms with Crippen LogP contribution in [-0.4, -0.2) is 33.0 Å². The molecule has 10 heteroatoms. The van der Waals surface area contributed by atoms with Crippen LogP contribution in [0.3, 0.4) is 0 Å². The summed E-state index contributed by atoms with van der Waals surface area (Å²) < 4.78 is 19.1. The van der Waals surface area contributed by atoms with Crippen molar-refractivity contribution in [2.45, 2.75) is 23.9 Å². The zero-order valence-electron chi connectivity index (χ0n) is 21.1. The molecule has 196 valence electrons. The van der Waals surface area contributed by atoms with Crippen LogP contribution in [0.5, 0.6) is 5.75 Å². The Morgan fingerprint density at radius 3 is 2.64 bits per heavy atom. The van der Waals surface area contributed by atoms with E-state index in [-0.39, 0.29) is 5.91 Å². The number of amides is 1. The van der Waals surface area contributed by atoms with Crippen LogP contribution in [0, 0.1) is 0 Å². The lowest BCUT2D eigenvalue weighted by Gasteiger charge is -2.15. The standard InChI is InChI=1S/C29H23ClN4O4S/c1-17(28(35)31-23-15-25-22(14-26(23)36-2)21-7-3-4-8-24(21)38-25)39-29-33-32-27(18-9-11-19(30)12-10-18)34(29)16-20-6-5-13-37-20/h3-15,17H,16H2,1-2H3,(H,31,35)/t17-/m1/s1. The number of para-hydroxylation sites is 1. The van der Waals surface area contributed by atoms with Gasteiger partial charge in [0.15, 0.2) is 11.0 Å². The molecular weight excluding hydrogens is 536 g/mol. The summed E-state index contributed by atoms with van der Waals surface area (Å²) in [6, 6.07) is 22.6. The molecule has 1 N–H and O–H groups in total. The number of carbonyl (C=O) groups is 1. The Morgan fingerprint density at radius 2 is 1.87 bits per heavy atom. The number of nitrogens with one attached hydrogen (secondary N) is 1. The number of hydrogen-bond acceptors (Lipinski definition) is 7. The second-order valence-corrected chi connectivity index (χ2v) is 10.6. The third-order valence-corrected chi connectivity index (χ3v) is 7.65. The van der Waals surface area contributed by atoms with Gasteiger partial charge in [-0.25, -0.2) is 0 Å². The minimum atomic E-state index is -0.501. The van der Waals surface area contributed by atoms with E-state index in [1.807, 2.05) is 66.1 Å². The second kappa shape index (κ2) is 10.5. The van der Waals surface area contributed by atoms with Crippen molar-refractivity contribution >= 4 is 56.9 Å². The van der Waals surface area contributed by atoms with Gasteiger partial charge in [-0.3, -0.25) is 9.36 Å². The summed E-state index contributed by atoms with van der Waals surface area (Å²) in [7, 11) is 1.58. The fourth-order valence-electron chi connectivity index (χ4n) is 4.35. The van der Waals surface area contributed by atoms with Crippen molar-refractivity contribution in [2.24, 2.45) is 0 Å². The molecule has 0 fully saturated rings. The highest BCUT2D eigenvalue weighted by Gasteiger charge is 2.23. The lowest BCUT2D eigenvalue weighted by Crippen LogP contribution is -2.23. The van der Waals surface area contributed by atoms with Gasteiger partial charge in [-0.05, 0) is 55.5 Å². The van der Waals surface area contributed by atoms with Gasteiger partial charge in [0.05, 0.1) is 30.9 Å². The third kappa shape index (κ3) is 4.98. The van der Waals surface area contributed by atoms with Gasteiger partial charge < -0.3 is 18.9 Å². The van der Waals surface area contributed by atoms with E-state index in [1.54, 1.807) is 31.6 Å². The van der Waals surface area contributed by atoms with E-state index < -0.39 is 5.25 Å². The number of methoxy groups -OCH3 is 1. The zero-order chi connectivity index (χ0) is 26.9. The molecule has 3 aromatic heterocycles. The van der Waals surface area contributed by atoms with Crippen LogP contribution >= 0.6 is 23.4 Å². The molecule has 39 heavy (non-hydrogen) atoms. The van der Waals surface area contributed by atoms with E-state index in [1.165, 1.54) is 11.8 Å². The molecule has 0 bridgehead atoms. The zero-order valence-corrected chi connectivity index (χ0v) is 22.6.